The Balaban J connectivity index is 1.56. The van der Waals surface area contributed by atoms with Crippen molar-refractivity contribution in [2.45, 2.75) is 37.7 Å². The first-order valence-electron chi connectivity index (χ1n) is 8.98. The minimum atomic E-state index is -1.51. The lowest BCUT2D eigenvalue weighted by Gasteiger charge is -2.42. The van der Waals surface area contributed by atoms with Crippen molar-refractivity contribution in [1.29, 1.82) is 0 Å². The molecule has 1 aliphatic heterocycles. The SMILES string of the molecule is O=C(O)C1=C(OC2CN(C(O)Cn3ccnn3)C2)C=CC(CCB(O)O)C1O. The van der Waals surface area contributed by atoms with Gasteiger partial charge in [-0.2, -0.15) is 0 Å². The third-order valence-electron chi connectivity index (χ3n) is 4.86. The second kappa shape index (κ2) is 8.84. The molecule has 0 aromatic carbocycles. The van der Waals surface area contributed by atoms with Gasteiger partial charge in [-0.05, 0) is 18.8 Å². The summed E-state index contributed by atoms with van der Waals surface area (Å²) in [7, 11) is -1.51. The standard InChI is InChI=1S/C16H23BN4O7/c22-13(9-21-6-5-18-19-21)20-7-11(8-20)28-12-2-1-10(3-4-17(26)27)15(23)14(12)16(24)25/h1-2,5-6,10-11,13,15,22-23,26-27H,3-4,7-9H2,(H,24,25). The van der Waals surface area contributed by atoms with E-state index < -0.39 is 31.3 Å². The zero-order valence-electron chi connectivity index (χ0n) is 15.1. The molecule has 0 spiro atoms. The number of hydrogen-bond acceptors (Lipinski definition) is 9. The van der Waals surface area contributed by atoms with Crippen LogP contribution in [-0.2, 0) is 16.1 Å². The van der Waals surface area contributed by atoms with Gasteiger partial charge in [-0.1, -0.05) is 11.3 Å². The van der Waals surface area contributed by atoms with Gasteiger partial charge in [0.2, 0.25) is 0 Å². The lowest BCUT2D eigenvalue weighted by atomic mass is 9.77. The zero-order chi connectivity index (χ0) is 20.3. The van der Waals surface area contributed by atoms with Crippen LogP contribution in [0.2, 0.25) is 6.32 Å². The fourth-order valence-electron chi connectivity index (χ4n) is 3.28. The summed E-state index contributed by atoms with van der Waals surface area (Å²) in [4.78, 5) is 13.4. The van der Waals surface area contributed by atoms with E-state index in [-0.39, 0.29) is 36.7 Å². The molecule has 3 atom stereocenters. The van der Waals surface area contributed by atoms with Crippen molar-refractivity contribution >= 4 is 13.1 Å². The largest absolute Gasteiger partial charge is 0.487 e. The number of ether oxygens (including phenoxy) is 1. The normalized spacial score (nSPS) is 24.1. The van der Waals surface area contributed by atoms with Gasteiger partial charge in [0.15, 0.2) is 0 Å². The van der Waals surface area contributed by atoms with Gasteiger partial charge in [-0.15, -0.1) is 5.10 Å². The van der Waals surface area contributed by atoms with Crippen LogP contribution in [0.5, 0.6) is 0 Å². The molecule has 1 saturated heterocycles. The van der Waals surface area contributed by atoms with Crippen LogP contribution in [0, 0.1) is 5.92 Å². The van der Waals surface area contributed by atoms with E-state index in [1.807, 2.05) is 0 Å². The number of allylic oxidation sites excluding steroid dienone is 1. The third-order valence-corrected chi connectivity index (χ3v) is 4.86. The molecule has 1 aliphatic carbocycles. The summed E-state index contributed by atoms with van der Waals surface area (Å²) < 4.78 is 7.23. The van der Waals surface area contributed by atoms with Crippen molar-refractivity contribution in [2.75, 3.05) is 13.1 Å². The quantitative estimate of drug-likeness (QED) is 0.298. The molecule has 3 rings (SSSR count). The number of carboxylic acids is 1. The maximum Gasteiger partial charge on any atom is 0.451 e. The third kappa shape index (κ3) is 4.77. The molecule has 5 N–H and O–H groups in total. The Bertz CT molecular complexity index is 733. The number of carbonyl (C=O) groups is 1. The number of aliphatic hydroxyl groups is 2. The van der Waals surface area contributed by atoms with Crippen LogP contribution >= 0.6 is 0 Å². The van der Waals surface area contributed by atoms with Gasteiger partial charge >= 0.3 is 13.1 Å². The Kier molecular flexibility index (Phi) is 6.47. The number of aliphatic carboxylic acids is 1. The first kappa shape index (κ1) is 20.5. The van der Waals surface area contributed by atoms with Crippen LogP contribution in [0.1, 0.15) is 6.42 Å². The van der Waals surface area contributed by atoms with Crippen LogP contribution < -0.4 is 0 Å². The Morgan fingerprint density at radius 1 is 1.39 bits per heavy atom. The summed E-state index contributed by atoms with van der Waals surface area (Å²) in [5, 5.41) is 55.4. The fraction of sp³-hybridized carbons (Fsp3) is 0.562. The summed E-state index contributed by atoms with van der Waals surface area (Å²) in [6.07, 6.45) is 4.14. The highest BCUT2D eigenvalue weighted by Crippen LogP contribution is 2.30. The van der Waals surface area contributed by atoms with E-state index in [0.717, 1.165) is 0 Å². The maximum atomic E-state index is 11.6. The number of nitrogens with zero attached hydrogens (tertiary/aromatic N) is 4. The van der Waals surface area contributed by atoms with E-state index in [1.165, 1.54) is 17.0 Å². The first-order chi connectivity index (χ1) is 13.3. The lowest BCUT2D eigenvalue weighted by Crippen LogP contribution is -2.57. The molecule has 0 radical (unpaired) electrons. The average Bonchev–Trinajstić information content (AvgIpc) is 3.09. The van der Waals surface area contributed by atoms with Crippen molar-refractivity contribution in [1.82, 2.24) is 19.9 Å². The van der Waals surface area contributed by atoms with E-state index in [9.17, 15) is 20.1 Å². The highest BCUT2D eigenvalue weighted by atomic mass is 16.5. The minimum Gasteiger partial charge on any atom is -0.487 e. The Labute approximate surface area is 161 Å². The molecule has 2 aliphatic rings. The number of aromatic nitrogens is 3. The van der Waals surface area contributed by atoms with Gasteiger partial charge in [0.05, 0.1) is 18.8 Å². The van der Waals surface area contributed by atoms with Crippen molar-refractivity contribution in [3.8, 4) is 0 Å². The van der Waals surface area contributed by atoms with E-state index in [4.69, 9.17) is 14.8 Å². The van der Waals surface area contributed by atoms with Gasteiger partial charge in [0, 0.05) is 25.2 Å². The molecule has 1 aromatic heterocycles. The van der Waals surface area contributed by atoms with Crippen LogP contribution in [0.3, 0.4) is 0 Å². The molecule has 1 aromatic rings. The molecule has 0 amide bonds. The molecule has 0 saturated carbocycles. The van der Waals surface area contributed by atoms with Crippen molar-refractivity contribution in [3.63, 3.8) is 0 Å². The molecule has 11 nitrogen and oxygen atoms in total. The first-order valence-corrected chi connectivity index (χ1v) is 8.98. The predicted molar refractivity (Wildman–Crippen MR) is 95.4 cm³/mol. The summed E-state index contributed by atoms with van der Waals surface area (Å²) >= 11 is 0. The molecule has 1 fully saturated rings. The van der Waals surface area contributed by atoms with Crippen LogP contribution in [0.15, 0.2) is 35.9 Å². The van der Waals surface area contributed by atoms with Crippen LogP contribution in [0.4, 0.5) is 0 Å². The zero-order valence-corrected chi connectivity index (χ0v) is 15.1. The van der Waals surface area contributed by atoms with E-state index in [1.54, 1.807) is 17.2 Å². The van der Waals surface area contributed by atoms with Gasteiger partial charge in [-0.25, -0.2) is 9.48 Å². The second-order valence-corrected chi connectivity index (χ2v) is 6.91. The molecule has 0 bridgehead atoms. The summed E-state index contributed by atoms with van der Waals surface area (Å²) in [6, 6.07) is 0. The molecular weight excluding hydrogens is 371 g/mol. The maximum absolute atomic E-state index is 11.6. The van der Waals surface area contributed by atoms with Crippen LogP contribution in [0.25, 0.3) is 0 Å². The predicted octanol–water partition coefficient (Wildman–Crippen LogP) is -1.95. The molecule has 3 unspecified atom stereocenters. The molecular formula is C16H23BN4O7. The van der Waals surface area contributed by atoms with Gasteiger partial charge in [-0.3, -0.25) is 4.90 Å². The van der Waals surface area contributed by atoms with Gasteiger partial charge in [0.25, 0.3) is 0 Å². The summed E-state index contributed by atoms with van der Waals surface area (Å²) in [5.41, 5.74) is -0.249. The Morgan fingerprint density at radius 2 is 2.14 bits per heavy atom. The molecule has 12 heteroatoms. The lowest BCUT2D eigenvalue weighted by molar-refractivity contribution is -0.135. The topological polar surface area (TPSA) is 161 Å². The summed E-state index contributed by atoms with van der Waals surface area (Å²) in [6.45, 7) is 1.06. The van der Waals surface area contributed by atoms with Crippen molar-refractivity contribution in [2.24, 2.45) is 5.92 Å². The van der Waals surface area contributed by atoms with E-state index >= 15 is 0 Å². The van der Waals surface area contributed by atoms with Gasteiger partial charge in [0.1, 0.15) is 23.7 Å². The molecule has 28 heavy (non-hydrogen) atoms. The van der Waals surface area contributed by atoms with Crippen LogP contribution in [-0.4, -0.2) is 89.9 Å². The monoisotopic (exact) mass is 394 g/mol. The highest BCUT2D eigenvalue weighted by molar-refractivity contribution is 6.40. The second-order valence-electron chi connectivity index (χ2n) is 6.91. The summed E-state index contributed by atoms with van der Waals surface area (Å²) in [5.74, 6) is -1.75. The number of likely N-dealkylation sites (tertiary alicyclic amines) is 1. The van der Waals surface area contributed by atoms with Crippen molar-refractivity contribution < 1.29 is 34.9 Å². The Morgan fingerprint density at radius 3 is 2.75 bits per heavy atom. The molecule has 152 valence electrons. The number of aliphatic hydroxyl groups excluding tert-OH is 2. The smallest absolute Gasteiger partial charge is 0.451 e. The number of hydrogen-bond donors (Lipinski definition) is 5. The fourth-order valence-corrected chi connectivity index (χ4v) is 3.28. The minimum absolute atomic E-state index is 0.0242. The molecule has 2 heterocycles. The average molecular weight is 394 g/mol. The Hall–Kier alpha value is -2.25. The number of rotatable bonds is 9. The van der Waals surface area contributed by atoms with Gasteiger partial charge < -0.3 is 30.1 Å². The van der Waals surface area contributed by atoms with Crippen molar-refractivity contribution in [3.05, 3.63) is 35.9 Å². The highest BCUT2D eigenvalue weighted by Gasteiger charge is 2.37. The number of carboxylic acid groups (broad SMARTS) is 1. The van der Waals surface area contributed by atoms with E-state index in [0.29, 0.717) is 13.1 Å². The van der Waals surface area contributed by atoms with E-state index in [2.05, 4.69) is 10.3 Å².